The van der Waals surface area contributed by atoms with E-state index in [0.29, 0.717) is 11.4 Å². The van der Waals surface area contributed by atoms with Gasteiger partial charge in [0.2, 0.25) is 0 Å². The quantitative estimate of drug-likeness (QED) is 0.490. The predicted molar refractivity (Wildman–Crippen MR) is 98.8 cm³/mol. The fourth-order valence-corrected chi connectivity index (χ4v) is 3.14. The Hall–Kier alpha value is -0.590. The van der Waals surface area contributed by atoms with Crippen LogP contribution in [-0.2, 0) is 5.54 Å². The molecule has 110 valence electrons. The van der Waals surface area contributed by atoms with Crippen LogP contribution in [0.5, 0.6) is 0 Å². The number of amides is 1. The summed E-state index contributed by atoms with van der Waals surface area (Å²) >= 11 is 11.7. The smallest absolute Gasteiger partial charge is 0.253 e. The number of carbonyl (C=O) groups excluding carboxylic acids is 1. The van der Waals surface area contributed by atoms with Gasteiger partial charge in [-0.3, -0.25) is 4.79 Å². The van der Waals surface area contributed by atoms with Crippen LogP contribution in [-0.4, -0.2) is 11.8 Å². The highest BCUT2D eigenvalue weighted by atomic mass is 127. The summed E-state index contributed by atoms with van der Waals surface area (Å²) in [6, 6.07) is 15.4. The van der Waals surface area contributed by atoms with E-state index in [1.807, 2.05) is 55.5 Å². The van der Waals surface area contributed by atoms with Gasteiger partial charge in [0.15, 0.2) is 0 Å². The molecule has 0 radical (unpaired) electrons. The van der Waals surface area contributed by atoms with Gasteiger partial charge in [-0.05, 0) is 53.3 Å². The molecule has 0 aliphatic rings. The summed E-state index contributed by atoms with van der Waals surface area (Å²) in [5.41, 5.74) is 1.02. The highest BCUT2D eigenvalue weighted by Crippen LogP contribution is 2.24. The fourth-order valence-electron chi connectivity index (χ4n) is 1.98. The normalized spacial score (nSPS) is 13.5. The second-order valence-corrected chi connectivity index (χ2v) is 7.26. The van der Waals surface area contributed by atoms with E-state index in [1.54, 1.807) is 0 Å². The van der Waals surface area contributed by atoms with Crippen molar-refractivity contribution in [1.82, 2.24) is 5.32 Å². The van der Waals surface area contributed by atoms with Crippen LogP contribution in [0.15, 0.2) is 53.0 Å². The summed E-state index contributed by atoms with van der Waals surface area (Å²) < 4.78 is 1.78. The third kappa shape index (κ3) is 3.99. The summed E-state index contributed by atoms with van der Waals surface area (Å²) in [6.07, 6.45) is 0. The van der Waals surface area contributed by atoms with Gasteiger partial charge in [0.1, 0.15) is 0 Å². The summed E-state index contributed by atoms with van der Waals surface area (Å²) in [4.78, 5) is 12.6. The maximum atomic E-state index is 12.6. The topological polar surface area (TPSA) is 29.1 Å². The molecule has 2 nitrogen and oxygen atoms in total. The minimum Gasteiger partial charge on any atom is -0.342 e. The molecule has 0 saturated heterocycles. The first-order valence-corrected chi connectivity index (χ1v) is 8.76. The number of rotatable bonds is 4. The zero-order valence-corrected chi connectivity index (χ0v) is 15.9. The molecule has 2 aromatic carbocycles. The number of hydrogen-bond donors (Lipinski definition) is 1. The Balaban J connectivity index is 2.30. The largest absolute Gasteiger partial charge is 0.342 e. The Bertz CT molecular complexity index is 650. The highest BCUT2D eigenvalue weighted by molar-refractivity contribution is 14.1. The van der Waals surface area contributed by atoms with Gasteiger partial charge in [0.25, 0.3) is 5.91 Å². The number of alkyl halides is 1. The van der Waals surface area contributed by atoms with E-state index in [1.165, 1.54) is 0 Å². The lowest BCUT2D eigenvalue weighted by atomic mass is 9.93. The maximum Gasteiger partial charge on any atom is 0.253 e. The van der Waals surface area contributed by atoms with Gasteiger partial charge in [-0.2, -0.15) is 0 Å². The lowest BCUT2D eigenvalue weighted by Gasteiger charge is -2.29. The van der Waals surface area contributed by atoms with Crippen molar-refractivity contribution >= 4 is 56.0 Å². The lowest BCUT2D eigenvalue weighted by molar-refractivity contribution is 0.0912. The predicted octanol–water partition coefficient (Wildman–Crippen LogP) is 4.94. The van der Waals surface area contributed by atoms with E-state index in [2.05, 4.69) is 43.8 Å². The third-order valence-electron chi connectivity index (χ3n) is 3.24. The van der Waals surface area contributed by atoms with Crippen molar-refractivity contribution in [2.75, 3.05) is 5.88 Å². The van der Waals surface area contributed by atoms with E-state index < -0.39 is 5.54 Å². The van der Waals surface area contributed by atoms with E-state index in [-0.39, 0.29) is 5.91 Å². The van der Waals surface area contributed by atoms with E-state index in [4.69, 9.17) is 11.6 Å². The number of benzene rings is 2. The van der Waals surface area contributed by atoms with Gasteiger partial charge in [-0.25, -0.2) is 0 Å². The molecule has 2 aromatic rings. The van der Waals surface area contributed by atoms with Crippen LogP contribution in [0.25, 0.3) is 0 Å². The first-order chi connectivity index (χ1) is 9.96. The average molecular weight is 479 g/mol. The minimum absolute atomic E-state index is 0.132. The van der Waals surface area contributed by atoms with Gasteiger partial charge in [0.05, 0.1) is 11.1 Å². The van der Waals surface area contributed by atoms with Crippen LogP contribution in [0.3, 0.4) is 0 Å². The van der Waals surface area contributed by atoms with Gasteiger partial charge in [-0.15, -0.1) is 11.6 Å². The van der Waals surface area contributed by atoms with E-state index in [0.717, 1.165) is 13.6 Å². The molecule has 0 spiro atoms. The lowest BCUT2D eigenvalue weighted by Crippen LogP contribution is -2.45. The maximum absolute atomic E-state index is 12.6. The van der Waals surface area contributed by atoms with Crippen molar-refractivity contribution in [2.24, 2.45) is 0 Å². The molecule has 2 rings (SSSR count). The highest BCUT2D eigenvalue weighted by Gasteiger charge is 2.28. The van der Waals surface area contributed by atoms with Gasteiger partial charge in [0, 0.05) is 13.9 Å². The van der Waals surface area contributed by atoms with Gasteiger partial charge in [-0.1, -0.05) is 46.3 Å². The van der Waals surface area contributed by atoms with Crippen LogP contribution in [0.4, 0.5) is 0 Å². The summed E-state index contributed by atoms with van der Waals surface area (Å²) in [7, 11) is 0. The molecule has 1 unspecified atom stereocenters. The Morgan fingerprint density at radius 2 is 1.95 bits per heavy atom. The second-order valence-electron chi connectivity index (χ2n) is 4.91. The van der Waals surface area contributed by atoms with Crippen molar-refractivity contribution in [1.29, 1.82) is 0 Å². The Morgan fingerprint density at radius 1 is 1.29 bits per heavy atom. The number of hydrogen-bond acceptors (Lipinski definition) is 1. The number of nitrogens with one attached hydrogen (secondary N) is 1. The standard InChI is InChI=1S/C16H14BrClINO/c1-16(10-18,11-5-3-2-4-6-11)20-15(21)13-9-12(17)7-8-14(13)19/h2-9H,10H2,1H3,(H,20,21). The third-order valence-corrected chi connectivity index (χ3v) is 5.21. The molecule has 5 heteroatoms. The number of halogens is 3. The van der Waals surface area contributed by atoms with Crippen LogP contribution >= 0.6 is 50.1 Å². The first-order valence-electron chi connectivity index (χ1n) is 6.35. The molecule has 1 N–H and O–H groups in total. The minimum atomic E-state index is -0.606. The van der Waals surface area contributed by atoms with Crippen molar-refractivity contribution < 1.29 is 4.79 Å². The zero-order valence-electron chi connectivity index (χ0n) is 11.4. The van der Waals surface area contributed by atoms with Gasteiger partial charge >= 0.3 is 0 Å². The van der Waals surface area contributed by atoms with E-state index >= 15 is 0 Å². The van der Waals surface area contributed by atoms with E-state index in [9.17, 15) is 4.79 Å². The molecular weight excluding hydrogens is 464 g/mol. The Morgan fingerprint density at radius 3 is 2.57 bits per heavy atom. The molecule has 0 aromatic heterocycles. The Kier molecular flexibility index (Phi) is 5.68. The monoisotopic (exact) mass is 477 g/mol. The van der Waals surface area contributed by atoms with Crippen LogP contribution in [0.2, 0.25) is 0 Å². The summed E-state index contributed by atoms with van der Waals surface area (Å²) in [6.45, 7) is 1.93. The SMILES string of the molecule is CC(CCl)(NC(=O)c1cc(Br)ccc1I)c1ccccc1. The van der Waals surface area contributed by atoms with Crippen molar-refractivity contribution in [3.05, 3.63) is 67.7 Å². The molecule has 0 aliphatic heterocycles. The van der Waals surface area contributed by atoms with Crippen molar-refractivity contribution in [3.63, 3.8) is 0 Å². The van der Waals surface area contributed by atoms with Gasteiger partial charge < -0.3 is 5.32 Å². The molecule has 0 aliphatic carbocycles. The number of carbonyl (C=O) groups is 1. The first kappa shape index (κ1) is 16.8. The molecule has 1 amide bonds. The zero-order chi connectivity index (χ0) is 15.5. The average Bonchev–Trinajstić information content (AvgIpc) is 2.50. The molecule has 21 heavy (non-hydrogen) atoms. The second kappa shape index (κ2) is 7.11. The van der Waals surface area contributed by atoms with Crippen molar-refractivity contribution in [3.8, 4) is 0 Å². The molecule has 0 heterocycles. The summed E-state index contributed by atoms with van der Waals surface area (Å²) in [5, 5.41) is 3.05. The van der Waals surface area contributed by atoms with Crippen LogP contribution in [0.1, 0.15) is 22.8 Å². The fraction of sp³-hybridized carbons (Fsp3) is 0.188. The molecule has 0 saturated carbocycles. The molecular formula is C16H14BrClINO. The molecule has 0 fully saturated rings. The van der Waals surface area contributed by atoms with Crippen LogP contribution in [0, 0.1) is 3.57 Å². The summed E-state index contributed by atoms with van der Waals surface area (Å²) in [5.74, 6) is 0.167. The van der Waals surface area contributed by atoms with Crippen LogP contribution < -0.4 is 5.32 Å². The van der Waals surface area contributed by atoms with Crippen molar-refractivity contribution in [2.45, 2.75) is 12.5 Å². The molecule has 0 bridgehead atoms. The molecule has 1 atom stereocenters. The Labute approximate surface area is 151 Å².